The highest BCUT2D eigenvalue weighted by Crippen LogP contribution is 2.21. The summed E-state index contributed by atoms with van der Waals surface area (Å²) in [5, 5.41) is 6.53. The average molecular weight is 343 g/mol. The van der Waals surface area contributed by atoms with Crippen LogP contribution in [0.1, 0.15) is 42.7 Å². The number of methoxy groups -OCH3 is 1. The van der Waals surface area contributed by atoms with Gasteiger partial charge in [0.1, 0.15) is 5.75 Å². The third-order valence-electron chi connectivity index (χ3n) is 4.12. The van der Waals surface area contributed by atoms with Crippen LogP contribution in [0.25, 0.3) is 10.9 Å². The van der Waals surface area contributed by atoms with Gasteiger partial charge in [-0.1, -0.05) is 6.92 Å². The number of carbonyl (C=O) groups excluding carboxylic acids is 2. The highest BCUT2D eigenvalue weighted by atomic mass is 16.5. The Morgan fingerprint density at radius 1 is 1.28 bits per heavy atom. The summed E-state index contributed by atoms with van der Waals surface area (Å²) in [4.78, 5) is 28.6. The van der Waals surface area contributed by atoms with Crippen LogP contribution in [0.5, 0.6) is 5.75 Å². The molecular weight excluding hydrogens is 318 g/mol. The lowest BCUT2D eigenvalue weighted by molar-refractivity contribution is -0.121. The Labute approximate surface area is 148 Å². The Bertz CT molecular complexity index is 774. The number of pyridine rings is 1. The van der Waals surface area contributed by atoms with Crippen molar-refractivity contribution in [2.45, 2.75) is 39.7 Å². The zero-order valence-electron chi connectivity index (χ0n) is 15.2. The summed E-state index contributed by atoms with van der Waals surface area (Å²) in [6.07, 6.45) is 1.14. The molecule has 6 nitrogen and oxygen atoms in total. The van der Waals surface area contributed by atoms with Gasteiger partial charge in [0.15, 0.2) is 0 Å². The van der Waals surface area contributed by atoms with E-state index in [1.54, 1.807) is 14.0 Å². The second-order valence-electron chi connectivity index (χ2n) is 6.06. The summed E-state index contributed by atoms with van der Waals surface area (Å²) in [5.74, 6) is 0.443. The molecule has 0 aliphatic carbocycles. The lowest BCUT2D eigenvalue weighted by Gasteiger charge is -2.12. The number of ether oxygens (including phenoxy) is 1. The molecule has 0 bridgehead atoms. The van der Waals surface area contributed by atoms with Crippen LogP contribution in [0.3, 0.4) is 0 Å². The van der Waals surface area contributed by atoms with Crippen LogP contribution < -0.4 is 15.4 Å². The first kappa shape index (κ1) is 18.7. The van der Waals surface area contributed by atoms with Crippen LogP contribution in [0.15, 0.2) is 24.3 Å². The molecule has 0 saturated heterocycles. The fourth-order valence-corrected chi connectivity index (χ4v) is 2.43. The molecule has 1 aromatic carbocycles. The number of hydrogen-bond acceptors (Lipinski definition) is 4. The van der Waals surface area contributed by atoms with Crippen LogP contribution in [0, 0.1) is 6.92 Å². The molecule has 2 aromatic rings. The molecule has 1 unspecified atom stereocenters. The van der Waals surface area contributed by atoms with Crippen LogP contribution >= 0.6 is 0 Å². The van der Waals surface area contributed by atoms with Gasteiger partial charge in [-0.3, -0.25) is 14.6 Å². The minimum absolute atomic E-state index is 0.0601. The van der Waals surface area contributed by atoms with Gasteiger partial charge in [-0.2, -0.15) is 0 Å². The second kappa shape index (κ2) is 8.46. The fourth-order valence-electron chi connectivity index (χ4n) is 2.43. The summed E-state index contributed by atoms with van der Waals surface area (Å²) < 4.78 is 5.19. The summed E-state index contributed by atoms with van der Waals surface area (Å²) in [6.45, 7) is 6.05. The normalized spacial score (nSPS) is 11.8. The van der Waals surface area contributed by atoms with Crippen molar-refractivity contribution in [3.63, 3.8) is 0 Å². The van der Waals surface area contributed by atoms with Gasteiger partial charge in [-0.15, -0.1) is 0 Å². The van der Waals surface area contributed by atoms with Gasteiger partial charge >= 0.3 is 0 Å². The predicted octanol–water partition coefficient (Wildman–Crippen LogP) is 2.59. The minimum atomic E-state index is -0.223. The number of nitrogens with zero attached hydrogens (tertiary/aromatic N) is 1. The predicted molar refractivity (Wildman–Crippen MR) is 97.9 cm³/mol. The zero-order valence-corrected chi connectivity index (χ0v) is 15.2. The zero-order chi connectivity index (χ0) is 18.4. The molecule has 2 rings (SSSR count). The Hall–Kier alpha value is -2.63. The van der Waals surface area contributed by atoms with Crippen molar-refractivity contribution < 1.29 is 14.3 Å². The van der Waals surface area contributed by atoms with E-state index in [2.05, 4.69) is 15.6 Å². The van der Waals surface area contributed by atoms with Gasteiger partial charge in [0.05, 0.1) is 23.9 Å². The van der Waals surface area contributed by atoms with Gasteiger partial charge in [-0.05, 0) is 38.5 Å². The van der Waals surface area contributed by atoms with Crippen molar-refractivity contribution in [3.8, 4) is 5.75 Å². The van der Waals surface area contributed by atoms with Crippen molar-refractivity contribution in [2.24, 2.45) is 0 Å². The maximum atomic E-state index is 12.4. The molecule has 0 saturated carbocycles. The van der Waals surface area contributed by atoms with Crippen molar-refractivity contribution in [2.75, 3.05) is 13.7 Å². The molecule has 0 aliphatic heterocycles. The highest BCUT2D eigenvalue weighted by molar-refractivity contribution is 5.99. The third kappa shape index (κ3) is 4.92. The Kier molecular flexibility index (Phi) is 6.33. The number of amides is 2. The first-order valence-electron chi connectivity index (χ1n) is 8.47. The second-order valence-corrected chi connectivity index (χ2v) is 6.06. The van der Waals surface area contributed by atoms with Crippen LogP contribution in [0.2, 0.25) is 0 Å². The number of nitrogens with one attached hydrogen (secondary N) is 2. The number of carbonyl (C=O) groups is 2. The van der Waals surface area contributed by atoms with E-state index < -0.39 is 0 Å². The van der Waals surface area contributed by atoms with Crippen molar-refractivity contribution in [1.82, 2.24) is 15.6 Å². The molecule has 25 heavy (non-hydrogen) atoms. The van der Waals surface area contributed by atoms with Crippen molar-refractivity contribution in [3.05, 3.63) is 35.5 Å². The van der Waals surface area contributed by atoms with Crippen LogP contribution in [-0.2, 0) is 4.79 Å². The van der Waals surface area contributed by atoms with E-state index in [0.29, 0.717) is 17.8 Å². The van der Waals surface area contributed by atoms with E-state index >= 15 is 0 Å². The fraction of sp³-hybridized carbons (Fsp3) is 0.421. The standard InChI is InChI=1S/C19H25N3O3/c1-5-12(2)21-18(23)8-9-20-19(24)16-10-14-6-7-15(25-4)11-17(14)22-13(16)3/h6-7,10-12H,5,8-9H2,1-4H3,(H,20,24)(H,21,23). The number of benzene rings is 1. The van der Waals surface area contributed by atoms with E-state index in [-0.39, 0.29) is 24.3 Å². The van der Waals surface area contributed by atoms with E-state index in [9.17, 15) is 9.59 Å². The smallest absolute Gasteiger partial charge is 0.253 e. The van der Waals surface area contributed by atoms with Crippen molar-refractivity contribution in [1.29, 1.82) is 0 Å². The van der Waals surface area contributed by atoms with E-state index in [4.69, 9.17) is 4.74 Å². The van der Waals surface area contributed by atoms with E-state index in [0.717, 1.165) is 23.1 Å². The molecule has 134 valence electrons. The first-order chi connectivity index (χ1) is 11.9. The maximum Gasteiger partial charge on any atom is 0.253 e. The SMILES string of the molecule is CCC(C)NC(=O)CCNC(=O)c1cc2ccc(OC)cc2nc1C. The first-order valence-corrected chi connectivity index (χ1v) is 8.47. The molecule has 0 fully saturated rings. The van der Waals surface area contributed by atoms with Gasteiger partial charge in [0.2, 0.25) is 5.91 Å². The molecule has 1 atom stereocenters. The molecule has 0 spiro atoms. The lowest BCUT2D eigenvalue weighted by atomic mass is 10.1. The van der Waals surface area contributed by atoms with Gasteiger partial charge in [-0.25, -0.2) is 0 Å². The maximum absolute atomic E-state index is 12.4. The number of hydrogen-bond donors (Lipinski definition) is 2. The molecule has 2 amide bonds. The Morgan fingerprint density at radius 3 is 2.72 bits per heavy atom. The van der Waals surface area contributed by atoms with Crippen molar-refractivity contribution >= 4 is 22.7 Å². The Balaban J connectivity index is 2.02. The molecule has 0 radical (unpaired) electrons. The number of fused-ring (bicyclic) bond motifs is 1. The summed E-state index contributed by atoms with van der Waals surface area (Å²) in [6, 6.07) is 7.50. The number of aryl methyl sites for hydroxylation is 1. The van der Waals surface area contributed by atoms with Crippen LogP contribution in [-0.4, -0.2) is 36.5 Å². The number of rotatable bonds is 7. The van der Waals surface area contributed by atoms with E-state index in [1.807, 2.05) is 38.1 Å². The molecule has 1 heterocycles. The quantitative estimate of drug-likeness (QED) is 0.810. The Morgan fingerprint density at radius 2 is 2.04 bits per heavy atom. The number of aromatic nitrogens is 1. The highest BCUT2D eigenvalue weighted by Gasteiger charge is 2.13. The topological polar surface area (TPSA) is 80.3 Å². The average Bonchev–Trinajstić information content (AvgIpc) is 2.60. The summed E-state index contributed by atoms with van der Waals surface area (Å²) >= 11 is 0. The van der Waals surface area contributed by atoms with Gasteiger partial charge < -0.3 is 15.4 Å². The van der Waals surface area contributed by atoms with Gasteiger partial charge in [0, 0.05) is 30.5 Å². The molecule has 2 N–H and O–H groups in total. The third-order valence-corrected chi connectivity index (χ3v) is 4.12. The molecule has 0 aliphatic rings. The minimum Gasteiger partial charge on any atom is -0.497 e. The molecule has 1 aromatic heterocycles. The summed E-state index contributed by atoms with van der Waals surface area (Å²) in [7, 11) is 1.60. The van der Waals surface area contributed by atoms with E-state index in [1.165, 1.54) is 0 Å². The monoisotopic (exact) mass is 343 g/mol. The molecular formula is C19H25N3O3. The van der Waals surface area contributed by atoms with Crippen LogP contribution in [0.4, 0.5) is 0 Å². The van der Waals surface area contributed by atoms with Gasteiger partial charge in [0.25, 0.3) is 5.91 Å². The summed E-state index contributed by atoms with van der Waals surface area (Å²) in [5.41, 5.74) is 1.93. The lowest BCUT2D eigenvalue weighted by Crippen LogP contribution is -2.35. The largest absolute Gasteiger partial charge is 0.497 e. The molecule has 6 heteroatoms.